The topological polar surface area (TPSA) is 109 Å². The Labute approximate surface area is 214 Å². The molecule has 0 aliphatic rings. The van der Waals surface area contributed by atoms with Crippen LogP contribution in [0.5, 0.6) is 0 Å². The monoisotopic (exact) mass is 534 g/mol. The van der Waals surface area contributed by atoms with Crippen LogP contribution in [-0.2, 0) is 21.4 Å². The highest BCUT2D eigenvalue weighted by Crippen LogP contribution is 2.27. The number of hydrogen-bond donors (Lipinski definition) is 1. The Bertz CT molecular complexity index is 1340. The van der Waals surface area contributed by atoms with Gasteiger partial charge in [0.2, 0.25) is 21.7 Å². The first kappa shape index (κ1) is 26.7. The summed E-state index contributed by atoms with van der Waals surface area (Å²) in [5.74, 6) is -1.21. The normalized spacial score (nSPS) is 11.8. The van der Waals surface area contributed by atoms with Crippen molar-refractivity contribution in [2.45, 2.75) is 44.2 Å². The number of nitrogens with one attached hydrogen (secondary N) is 1. The van der Waals surface area contributed by atoms with E-state index in [1.165, 1.54) is 35.5 Å². The third kappa shape index (κ3) is 7.32. The molecule has 184 valence electrons. The molecule has 0 saturated carbocycles. The first-order valence-corrected chi connectivity index (χ1v) is 12.8. The largest absolute Gasteiger partial charge is 0.308 e. The van der Waals surface area contributed by atoms with Gasteiger partial charge < -0.3 is 4.90 Å². The van der Waals surface area contributed by atoms with Gasteiger partial charge in [-0.05, 0) is 62.7 Å². The first-order valence-electron chi connectivity index (χ1n) is 10.5. The smallest absolute Gasteiger partial charge is 0.241 e. The molecule has 3 aromatic rings. The van der Waals surface area contributed by atoms with Crippen LogP contribution in [0.2, 0.25) is 10.0 Å². The molecule has 1 N–H and O–H groups in total. The molecule has 0 fully saturated rings. The number of carbonyl (C=O) groups is 2. The van der Waals surface area contributed by atoms with Crippen LogP contribution < -0.4 is 9.62 Å². The average Bonchev–Trinajstić information content (AvgIpc) is 2.78. The number of ketones is 1. The molecular formula is C24H24Cl2N4O4S. The summed E-state index contributed by atoms with van der Waals surface area (Å²) in [6.45, 7) is 5.21. The molecule has 0 aliphatic carbocycles. The number of carbonyl (C=O) groups excluding carboxylic acids is 2. The van der Waals surface area contributed by atoms with Crippen molar-refractivity contribution in [2.75, 3.05) is 4.90 Å². The molecule has 1 heterocycles. The van der Waals surface area contributed by atoms with E-state index in [9.17, 15) is 18.0 Å². The SMILES string of the molecule is CC(C)(C)NS(=O)(=O)c1cccc(N(Cc2ccc(Cl)c(Cl)c2)C(=O)CC(=O)c2ncccn2)c1. The number of nitrogens with zero attached hydrogens (tertiary/aromatic N) is 3. The second-order valence-electron chi connectivity index (χ2n) is 8.75. The molecule has 35 heavy (non-hydrogen) atoms. The molecule has 0 radical (unpaired) electrons. The number of aromatic nitrogens is 2. The zero-order chi connectivity index (χ0) is 25.8. The fraction of sp³-hybridized carbons (Fsp3) is 0.250. The van der Waals surface area contributed by atoms with Crippen molar-refractivity contribution in [1.29, 1.82) is 0 Å². The summed E-state index contributed by atoms with van der Waals surface area (Å²) in [6.07, 6.45) is 2.31. The molecule has 0 unspecified atom stereocenters. The molecule has 2 aromatic carbocycles. The van der Waals surface area contributed by atoms with Gasteiger partial charge in [0.25, 0.3) is 0 Å². The highest BCUT2D eigenvalue weighted by molar-refractivity contribution is 7.89. The molecule has 0 spiro atoms. The standard InChI is InChI=1S/C24H24Cl2N4O4S/c1-24(2,3)29-35(33,34)18-7-4-6-17(13-18)30(15-16-8-9-19(25)20(26)12-16)22(32)14-21(31)23-27-10-5-11-28-23/h4-13,29H,14-15H2,1-3H3. The van der Waals surface area contributed by atoms with Gasteiger partial charge in [-0.1, -0.05) is 35.3 Å². The lowest BCUT2D eigenvalue weighted by atomic mass is 10.1. The summed E-state index contributed by atoms with van der Waals surface area (Å²) >= 11 is 12.2. The number of anilines is 1. The molecule has 0 aliphatic heterocycles. The summed E-state index contributed by atoms with van der Waals surface area (Å²) in [6, 6.07) is 12.4. The Morgan fingerprint density at radius 3 is 2.29 bits per heavy atom. The molecule has 0 atom stereocenters. The number of benzene rings is 2. The van der Waals surface area contributed by atoms with E-state index in [2.05, 4.69) is 14.7 Å². The summed E-state index contributed by atoms with van der Waals surface area (Å²) in [7, 11) is -3.86. The Balaban J connectivity index is 1.98. The van der Waals surface area contributed by atoms with Gasteiger partial charge in [0, 0.05) is 23.6 Å². The second kappa shape index (κ2) is 10.8. The van der Waals surface area contributed by atoms with Gasteiger partial charge >= 0.3 is 0 Å². The fourth-order valence-corrected chi connectivity index (χ4v) is 4.96. The highest BCUT2D eigenvalue weighted by atomic mass is 35.5. The zero-order valence-corrected chi connectivity index (χ0v) is 21.7. The van der Waals surface area contributed by atoms with Crippen molar-refractivity contribution in [3.05, 3.63) is 82.4 Å². The van der Waals surface area contributed by atoms with Crippen LogP contribution in [0.25, 0.3) is 0 Å². The van der Waals surface area contributed by atoms with Crippen LogP contribution in [-0.4, -0.2) is 35.6 Å². The summed E-state index contributed by atoms with van der Waals surface area (Å²) in [5, 5.41) is 0.655. The molecule has 1 aromatic heterocycles. The lowest BCUT2D eigenvalue weighted by Crippen LogP contribution is -2.40. The van der Waals surface area contributed by atoms with E-state index in [4.69, 9.17) is 23.2 Å². The van der Waals surface area contributed by atoms with E-state index in [1.54, 1.807) is 51.1 Å². The lowest BCUT2D eigenvalue weighted by molar-refractivity contribution is -0.117. The van der Waals surface area contributed by atoms with E-state index in [0.29, 0.717) is 21.3 Å². The van der Waals surface area contributed by atoms with Crippen molar-refractivity contribution >= 4 is 50.6 Å². The molecule has 11 heteroatoms. The Morgan fingerprint density at radius 1 is 0.971 bits per heavy atom. The molecular weight excluding hydrogens is 511 g/mol. The number of amides is 1. The van der Waals surface area contributed by atoms with Gasteiger partial charge in [0.15, 0.2) is 5.82 Å². The molecule has 1 amide bonds. The maximum Gasteiger partial charge on any atom is 0.241 e. The minimum Gasteiger partial charge on any atom is -0.308 e. The number of Topliss-reactive ketones (excluding diaryl/α,β-unsaturated/α-hetero) is 1. The van der Waals surface area contributed by atoms with Crippen LogP contribution in [0.4, 0.5) is 5.69 Å². The van der Waals surface area contributed by atoms with Gasteiger partial charge in [-0.15, -0.1) is 0 Å². The van der Waals surface area contributed by atoms with Crippen LogP contribution in [0, 0.1) is 0 Å². The van der Waals surface area contributed by atoms with Crippen LogP contribution in [0.3, 0.4) is 0 Å². The molecule has 0 bridgehead atoms. The molecule has 8 nitrogen and oxygen atoms in total. The van der Waals surface area contributed by atoms with Crippen molar-refractivity contribution < 1.29 is 18.0 Å². The summed E-state index contributed by atoms with van der Waals surface area (Å²) in [5.41, 5.74) is 0.226. The van der Waals surface area contributed by atoms with E-state index >= 15 is 0 Å². The summed E-state index contributed by atoms with van der Waals surface area (Å²) in [4.78, 5) is 35.0. The number of hydrogen-bond acceptors (Lipinski definition) is 6. The Morgan fingerprint density at radius 2 is 1.66 bits per heavy atom. The molecule has 3 rings (SSSR count). The Kier molecular flexibility index (Phi) is 8.27. The highest BCUT2D eigenvalue weighted by Gasteiger charge is 2.25. The fourth-order valence-electron chi connectivity index (χ4n) is 3.18. The van der Waals surface area contributed by atoms with Crippen molar-refractivity contribution in [3.8, 4) is 0 Å². The minimum atomic E-state index is -3.86. The lowest BCUT2D eigenvalue weighted by Gasteiger charge is -2.25. The van der Waals surface area contributed by atoms with Crippen molar-refractivity contribution in [2.24, 2.45) is 0 Å². The van der Waals surface area contributed by atoms with Gasteiger partial charge in [-0.2, -0.15) is 0 Å². The van der Waals surface area contributed by atoms with Crippen molar-refractivity contribution in [1.82, 2.24) is 14.7 Å². The van der Waals surface area contributed by atoms with E-state index in [-0.39, 0.29) is 17.3 Å². The first-order chi connectivity index (χ1) is 16.4. The summed E-state index contributed by atoms with van der Waals surface area (Å²) < 4.78 is 28.3. The number of sulfonamides is 1. The second-order valence-corrected chi connectivity index (χ2v) is 11.3. The predicted octanol–water partition coefficient (Wildman–Crippen LogP) is 4.67. The third-order valence-electron chi connectivity index (χ3n) is 4.63. The quantitative estimate of drug-likeness (QED) is 0.332. The predicted molar refractivity (Wildman–Crippen MR) is 135 cm³/mol. The maximum absolute atomic E-state index is 13.3. The Hall–Kier alpha value is -2.85. The number of rotatable bonds is 8. The van der Waals surface area contributed by atoms with Gasteiger partial charge in [0.05, 0.1) is 27.9 Å². The zero-order valence-electron chi connectivity index (χ0n) is 19.3. The van der Waals surface area contributed by atoms with Crippen LogP contribution >= 0.6 is 23.2 Å². The maximum atomic E-state index is 13.3. The third-order valence-corrected chi connectivity index (χ3v) is 7.13. The van der Waals surface area contributed by atoms with Crippen molar-refractivity contribution in [3.63, 3.8) is 0 Å². The van der Waals surface area contributed by atoms with Gasteiger partial charge in [0.1, 0.15) is 0 Å². The van der Waals surface area contributed by atoms with Gasteiger partial charge in [-0.3, -0.25) is 9.59 Å². The van der Waals surface area contributed by atoms with Crippen LogP contribution in [0.15, 0.2) is 65.8 Å². The van der Waals surface area contributed by atoms with Gasteiger partial charge in [-0.25, -0.2) is 23.1 Å². The van der Waals surface area contributed by atoms with Crippen LogP contribution in [0.1, 0.15) is 43.4 Å². The van der Waals surface area contributed by atoms with E-state index < -0.39 is 33.7 Å². The molecule has 0 saturated heterocycles. The number of halogens is 2. The van der Waals surface area contributed by atoms with E-state index in [1.807, 2.05) is 0 Å². The average molecular weight is 535 g/mol. The van der Waals surface area contributed by atoms with E-state index in [0.717, 1.165) is 0 Å². The minimum absolute atomic E-state index is 0.0189.